The Hall–Kier alpha value is -1.51. The maximum atomic E-state index is 11.9. The fourth-order valence-electron chi connectivity index (χ4n) is 1.55. The van der Waals surface area contributed by atoms with Crippen LogP contribution in [0, 0.1) is 0 Å². The minimum atomic E-state index is -3.94. The second-order valence-corrected chi connectivity index (χ2v) is 5.36. The molecule has 3 N–H and O–H groups in total. The number of amides is 1. The van der Waals surface area contributed by atoms with E-state index in [1.165, 1.54) is 18.3 Å². The molecular formula is C9H11N3O4S. The average molecular weight is 257 g/mol. The molecule has 0 fully saturated rings. The number of rotatable bonds is 3. The molecule has 0 aromatic carbocycles. The van der Waals surface area contributed by atoms with Crippen molar-refractivity contribution in [3.05, 3.63) is 23.9 Å². The normalized spacial score (nSPS) is 19.2. The van der Waals surface area contributed by atoms with Gasteiger partial charge in [-0.2, -0.15) is 8.42 Å². The number of aliphatic hydroxyl groups is 1. The van der Waals surface area contributed by atoms with Gasteiger partial charge in [-0.15, -0.1) is 0 Å². The molecule has 0 saturated carbocycles. The van der Waals surface area contributed by atoms with E-state index in [9.17, 15) is 18.3 Å². The lowest BCUT2D eigenvalue weighted by Crippen LogP contribution is -2.39. The van der Waals surface area contributed by atoms with Gasteiger partial charge in [0.05, 0.1) is 18.2 Å². The summed E-state index contributed by atoms with van der Waals surface area (Å²) in [5.74, 6) is -0.680. The van der Waals surface area contributed by atoms with Gasteiger partial charge in [-0.1, -0.05) is 0 Å². The van der Waals surface area contributed by atoms with E-state index in [-0.39, 0.29) is 23.7 Å². The molecule has 7 nitrogen and oxygen atoms in total. The van der Waals surface area contributed by atoms with Crippen LogP contribution >= 0.6 is 0 Å². The van der Waals surface area contributed by atoms with E-state index in [1.807, 2.05) is 0 Å². The van der Waals surface area contributed by atoms with Crippen LogP contribution in [-0.4, -0.2) is 47.9 Å². The number of fused-ring (bicyclic) bond motifs is 1. The van der Waals surface area contributed by atoms with Gasteiger partial charge >= 0.3 is 0 Å². The van der Waals surface area contributed by atoms with Crippen LogP contribution in [0.2, 0.25) is 0 Å². The lowest BCUT2D eigenvalue weighted by atomic mass is 10.2. The fraction of sp³-hybridized carbons (Fsp3) is 0.333. The van der Waals surface area contributed by atoms with Crippen LogP contribution in [0.4, 0.5) is 0 Å². The maximum absolute atomic E-state index is 11.9. The highest BCUT2D eigenvalue weighted by Gasteiger charge is 2.42. The van der Waals surface area contributed by atoms with Gasteiger partial charge in [-0.05, 0) is 12.1 Å². The number of pyridine rings is 1. The third kappa shape index (κ3) is 1.79. The topological polar surface area (TPSA) is 114 Å². The van der Waals surface area contributed by atoms with Crippen molar-refractivity contribution in [1.82, 2.24) is 9.29 Å². The molecule has 0 bridgehead atoms. The summed E-state index contributed by atoms with van der Waals surface area (Å²) >= 11 is 0. The first-order chi connectivity index (χ1) is 7.98. The second kappa shape index (κ2) is 4.06. The lowest BCUT2D eigenvalue weighted by molar-refractivity contribution is 0.0801. The van der Waals surface area contributed by atoms with Crippen molar-refractivity contribution in [3.8, 4) is 0 Å². The standard InChI is InChI=1S/C9H11N3O4S/c10-4-6(13)5-12-9(14)7-2-1-3-11-8(7)17(12,15)16/h1-3,6,13H,4-5,10H2/t6-/m1/s1. The summed E-state index contributed by atoms with van der Waals surface area (Å²) in [7, 11) is -3.94. The molecule has 1 atom stereocenters. The van der Waals surface area contributed by atoms with Gasteiger partial charge in [-0.3, -0.25) is 4.79 Å². The van der Waals surface area contributed by atoms with E-state index in [4.69, 9.17) is 5.73 Å². The lowest BCUT2D eigenvalue weighted by Gasteiger charge is -2.17. The third-order valence-electron chi connectivity index (χ3n) is 2.41. The second-order valence-electron chi connectivity index (χ2n) is 3.59. The number of aliphatic hydroxyl groups excluding tert-OH is 1. The smallest absolute Gasteiger partial charge is 0.285 e. The molecule has 0 unspecified atom stereocenters. The van der Waals surface area contributed by atoms with Gasteiger partial charge in [0.15, 0.2) is 5.03 Å². The summed E-state index contributed by atoms with van der Waals surface area (Å²) in [6.07, 6.45) is 0.218. The Kier molecular flexibility index (Phi) is 2.86. The van der Waals surface area contributed by atoms with Crippen molar-refractivity contribution in [1.29, 1.82) is 0 Å². The highest BCUT2D eigenvalue weighted by atomic mass is 32.2. The molecule has 1 aromatic rings. The zero-order valence-electron chi connectivity index (χ0n) is 8.78. The summed E-state index contributed by atoms with van der Waals surface area (Å²) in [6, 6.07) is 2.87. The molecule has 92 valence electrons. The highest BCUT2D eigenvalue weighted by molar-refractivity contribution is 7.90. The minimum absolute atomic E-state index is 0.0247. The molecule has 1 aliphatic heterocycles. The SMILES string of the molecule is NC[C@@H](O)CN1C(=O)c2cccnc2S1(=O)=O. The van der Waals surface area contributed by atoms with Gasteiger partial charge in [0.25, 0.3) is 15.9 Å². The van der Waals surface area contributed by atoms with Gasteiger partial charge in [0.1, 0.15) is 0 Å². The van der Waals surface area contributed by atoms with Crippen molar-refractivity contribution in [3.63, 3.8) is 0 Å². The molecular weight excluding hydrogens is 246 g/mol. The maximum Gasteiger partial charge on any atom is 0.285 e. The molecule has 0 aliphatic carbocycles. The summed E-state index contributed by atoms with van der Waals surface area (Å²) in [6.45, 7) is -0.475. The largest absolute Gasteiger partial charge is 0.390 e. The van der Waals surface area contributed by atoms with E-state index in [0.29, 0.717) is 4.31 Å². The number of hydrogen-bond donors (Lipinski definition) is 2. The number of aromatic nitrogens is 1. The van der Waals surface area contributed by atoms with Crippen LogP contribution in [0.1, 0.15) is 10.4 Å². The number of nitrogens with two attached hydrogens (primary N) is 1. The van der Waals surface area contributed by atoms with Crippen molar-refractivity contribution >= 4 is 15.9 Å². The zero-order valence-corrected chi connectivity index (χ0v) is 9.59. The summed E-state index contributed by atoms with van der Waals surface area (Å²) < 4.78 is 24.5. The number of nitrogens with zero attached hydrogens (tertiary/aromatic N) is 2. The Labute approximate surface area is 97.9 Å². The number of carbonyl (C=O) groups excluding carboxylic acids is 1. The Morgan fingerprint density at radius 2 is 2.24 bits per heavy atom. The van der Waals surface area contributed by atoms with Gasteiger partial charge < -0.3 is 10.8 Å². The van der Waals surface area contributed by atoms with E-state index in [1.54, 1.807) is 0 Å². The van der Waals surface area contributed by atoms with Crippen LogP contribution < -0.4 is 5.73 Å². The molecule has 0 radical (unpaired) electrons. The molecule has 1 aliphatic rings. The Bertz CT molecular complexity index is 557. The van der Waals surface area contributed by atoms with Crippen molar-refractivity contribution in [2.45, 2.75) is 11.1 Å². The molecule has 1 aromatic heterocycles. The first-order valence-electron chi connectivity index (χ1n) is 4.88. The average Bonchev–Trinajstić information content (AvgIpc) is 2.51. The molecule has 2 heterocycles. The first-order valence-corrected chi connectivity index (χ1v) is 6.32. The quantitative estimate of drug-likeness (QED) is 0.684. The molecule has 0 saturated heterocycles. The van der Waals surface area contributed by atoms with Gasteiger partial charge in [0.2, 0.25) is 0 Å². The number of β-amino-alcohol motifs (C(OH)–C–C–N with tert-alkyl or cyclic N) is 1. The zero-order chi connectivity index (χ0) is 12.6. The Morgan fingerprint density at radius 1 is 1.53 bits per heavy atom. The van der Waals surface area contributed by atoms with E-state index in [2.05, 4.69) is 4.98 Å². The summed E-state index contributed by atoms with van der Waals surface area (Å²) in [5, 5.41) is 9.07. The van der Waals surface area contributed by atoms with Crippen molar-refractivity contribution in [2.75, 3.05) is 13.1 Å². The van der Waals surface area contributed by atoms with E-state index < -0.39 is 22.0 Å². The number of sulfonamides is 1. The molecule has 17 heavy (non-hydrogen) atoms. The predicted octanol–water partition coefficient (Wildman–Crippen LogP) is -1.45. The van der Waals surface area contributed by atoms with Crippen LogP contribution in [0.25, 0.3) is 0 Å². The van der Waals surface area contributed by atoms with Gasteiger partial charge in [-0.25, -0.2) is 9.29 Å². The minimum Gasteiger partial charge on any atom is -0.390 e. The van der Waals surface area contributed by atoms with Crippen LogP contribution in [0.15, 0.2) is 23.4 Å². The molecule has 8 heteroatoms. The summed E-state index contributed by atoms with van der Waals surface area (Å²) in [4.78, 5) is 15.5. The fourth-order valence-corrected chi connectivity index (χ4v) is 3.08. The summed E-state index contributed by atoms with van der Waals surface area (Å²) in [5.41, 5.74) is 5.22. The number of carbonyl (C=O) groups is 1. The van der Waals surface area contributed by atoms with Gasteiger partial charge in [0, 0.05) is 12.7 Å². The Balaban J connectivity index is 2.44. The van der Waals surface area contributed by atoms with E-state index in [0.717, 1.165) is 0 Å². The van der Waals surface area contributed by atoms with Crippen molar-refractivity contribution in [2.24, 2.45) is 5.73 Å². The highest BCUT2D eigenvalue weighted by Crippen LogP contribution is 2.27. The van der Waals surface area contributed by atoms with Crippen LogP contribution in [0.3, 0.4) is 0 Å². The van der Waals surface area contributed by atoms with Crippen LogP contribution in [-0.2, 0) is 10.0 Å². The third-order valence-corrected chi connectivity index (χ3v) is 4.12. The monoisotopic (exact) mass is 257 g/mol. The van der Waals surface area contributed by atoms with E-state index >= 15 is 0 Å². The predicted molar refractivity (Wildman–Crippen MR) is 57.5 cm³/mol. The molecule has 1 amide bonds. The first kappa shape index (κ1) is 12.0. The number of hydrogen-bond acceptors (Lipinski definition) is 6. The molecule has 0 spiro atoms. The molecule has 2 rings (SSSR count). The van der Waals surface area contributed by atoms with Crippen LogP contribution in [0.5, 0.6) is 0 Å². The van der Waals surface area contributed by atoms with Crippen molar-refractivity contribution < 1.29 is 18.3 Å². The Morgan fingerprint density at radius 3 is 2.82 bits per heavy atom.